The molecule has 1 heterocycles. The van der Waals surface area contributed by atoms with Gasteiger partial charge >= 0.3 is 0 Å². The summed E-state index contributed by atoms with van der Waals surface area (Å²) in [6.07, 6.45) is 0. The van der Waals surface area contributed by atoms with Crippen LogP contribution in [0.25, 0.3) is 0 Å². The Kier molecular flexibility index (Phi) is 6.40. The molecule has 3 aromatic carbocycles. The number of aryl methyl sites for hydroxylation is 2. The van der Waals surface area contributed by atoms with Crippen LogP contribution in [0.5, 0.6) is 0 Å². The quantitative estimate of drug-likeness (QED) is 0.362. The van der Waals surface area contributed by atoms with Crippen LogP contribution in [-0.4, -0.2) is 22.5 Å². The van der Waals surface area contributed by atoms with E-state index in [1.54, 1.807) is 23.9 Å². The Morgan fingerprint density at radius 3 is 2.52 bits per heavy atom. The molecule has 0 saturated carbocycles. The lowest BCUT2D eigenvalue weighted by molar-refractivity contribution is -0.384. The minimum absolute atomic E-state index is 0.0297. The third-order valence-corrected chi connectivity index (χ3v) is 6.87. The van der Waals surface area contributed by atoms with Gasteiger partial charge < -0.3 is 5.32 Å². The Morgan fingerprint density at radius 2 is 1.85 bits per heavy atom. The Bertz CT molecular complexity index is 1260. The number of thioether (sulfide) groups is 1. The third-order valence-electron chi connectivity index (χ3n) is 5.34. The van der Waals surface area contributed by atoms with Crippen LogP contribution in [0.4, 0.5) is 17.1 Å². The van der Waals surface area contributed by atoms with Gasteiger partial charge in [-0.3, -0.25) is 24.6 Å². The minimum atomic E-state index is -0.629. The first-order valence-electron chi connectivity index (χ1n) is 10.1. The number of carbonyl (C=O) groups is 2. The normalized spacial score (nSPS) is 15.5. The van der Waals surface area contributed by atoms with E-state index in [0.717, 1.165) is 28.4 Å². The van der Waals surface area contributed by atoms with Crippen LogP contribution in [0.1, 0.15) is 32.4 Å². The van der Waals surface area contributed by atoms with E-state index in [9.17, 15) is 19.7 Å². The van der Waals surface area contributed by atoms with Crippen LogP contribution in [-0.2, 0) is 4.79 Å². The highest BCUT2D eigenvalue weighted by Gasteiger charge is 2.34. The van der Waals surface area contributed by atoms with Gasteiger partial charge in [-0.2, -0.15) is 0 Å². The van der Waals surface area contributed by atoms with Gasteiger partial charge in [0.2, 0.25) is 5.91 Å². The number of hydrogen-bond acceptors (Lipinski definition) is 5. The highest BCUT2D eigenvalue weighted by molar-refractivity contribution is 8.00. The Balaban J connectivity index is 1.53. The molecule has 2 amide bonds. The molecule has 1 unspecified atom stereocenters. The first-order chi connectivity index (χ1) is 15.7. The highest BCUT2D eigenvalue weighted by Crippen LogP contribution is 2.43. The van der Waals surface area contributed by atoms with Gasteiger partial charge in [0.1, 0.15) is 10.4 Å². The molecule has 0 aliphatic carbocycles. The van der Waals surface area contributed by atoms with Gasteiger partial charge in [-0.15, -0.1) is 11.8 Å². The van der Waals surface area contributed by atoms with Crippen molar-refractivity contribution in [1.29, 1.82) is 0 Å². The lowest BCUT2D eigenvalue weighted by Gasteiger charge is -2.26. The van der Waals surface area contributed by atoms with E-state index in [4.69, 9.17) is 11.6 Å². The fourth-order valence-electron chi connectivity index (χ4n) is 3.73. The SMILES string of the molecule is Cc1ccc(N2C(=O)CSC2c2ccc(NC(=O)c3ccc(Cl)c([N+](=O)[O-])c3)cc2)c(C)c1. The predicted octanol–water partition coefficient (Wildman–Crippen LogP) is 5.90. The molecule has 1 aliphatic heterocycles. The molecular weight excluding hydrogens is 462 g/mol. The first-order valence-corrected chi connectivity index (χ1v) is 11.5. The number of nitro benzene ring substituents is 1. The second-order valence-electron chi connectivity index (χ2n) is 7.72. The number of amides is 2. The van der Waals surface area contributed by atoms with Crippen molar-refractivity contribution in [3.8, 4) is 0 Å². The zero-order chi connectivity index (χ0) is 23.7. The van der Waals surface area contributed by atoms with Gasteiger partial charge in [-0.1, -0.05) is 41.4 Å². The number of halogens is 1. The Hall–Kier alpha value is -3.36. The molecule has 1 atom stereocenters. The number of benzene rings is 3. The maximum atomic E-state index is 12.7. The van der Waals surface area contributed by atoms with Crippen molar-refractivity contribution in [2.24, 2.45) is 0 Å². The molecule has 0 radical (unpaired) electrons. The van der Waals surface area contributed by atoms with Crippen molar-refractivity contribution in [2.75, 3.05) is 16.0 Å². The molecule has 0 spiro atoms. The topological polar surface area (TPSA) is 92.6 Å². The summed E-state index contributed by atoms with van der Waals surface area (Å²) in [5, 5.41) is 13.6. The standard InChI is InChI=1S/C24H20ClN3O4S/c1-14-3-10-20(15(2)11-14)27-22(29)13-33-24(27)16-4-7-18(8-5-16)26-23(30)17-6-9-19(25)21(12-17)28(31)32/h3-12,24H,13H2,1-2H3,(H,26,30). The molecule has 3 aromatic rings. The monoisotopic (exact) mass is 481 g/mol. The van der Waals surface area contributed by atoms with Crippen molar-refractivity contribution >= 4 is 52.2 Å². The lowest BCUT2D eigenvalue weighted by Crippen LogP contribution is -2.28. The summed E-state index contributed by atoms with van der Waals surface area (Å²) in [5.74, 6) is -0.0326. The summed E-state index contributed by atoms with van der Waals surface area (Å²) < 4.78 is 0. The van der Waals surface area contributed by atoms with Gasteiger partial charge in [0.05, 0.1) is 10.7 Å². The number of nitrogens with zero attached hydrogens (tertiary/aromatic N) is 2. The van der Waals surface area contributed by atoms with Crippen molar-refractivity contribution in [2.45, 2.75) is 19.2 Å². The van der Waals surface area contributed by atoms with E-state index >= 15 is 0 Å². The number of hydrogen-bond donors (Lipinski definition) is 1. The maximum absolute atomic E-state index is 12.7. The molecule has 9 heteroatoms. The zero-order valence-corrected chi connectivity index (χ0v) is 19.4. The summed E-state index contributed by atoms with van der Waals surface area (Å²) in [6.45, 7) is 4.01. The largest absolute Gasteiger partial charge is 0.322 e. The van der Waals surface area contributed by atoms with Crippen LogP contribution in [0.2, 0.25) is 5.02 Å². The van der Waals surface area contributed by atoms with E-state index in [1.165, 1.54) is 12.1 Å². The molecule has 1 aliphatic rings. The maximum Gasteiger partial charge on any atom is 0.288 e. The van der Waals surface area contributed by atoms with Gasteiger partial charge in [0.15, 0.2) is 0 Å². The number of nitrogens with one attached hydrogen (secondary N) is 1. The number of nitro groups is 1. The van der Waals surface area contributed by atoms with Crippen molar-refractivity contribution < 1.29 is 14.5 Å². The molecular formula is C24H20ClN3O4S. The Labute approximate surface area is 199 Å². The molecule has 4 rings (SSSR count). The summed E-state index contributed by atoms with van der Waals surface area (Å²) >= 11 is 7.37. The van der Waals surface area contributed by atoms with E-state index in [2.05, 4.69) is 11.4 Å². The average Bonchev–Trinajstić information content (AvgIpc) is 3.15. The molecule has 0 aromatic heterocycles. The lowest BCUT2D eigenvalue weighted by atomic mass is 10.1. The van der Waals surface area contributed by atoms with Gasteiger partial charge in [0.25, 0.3) is 11.6 Å². The third kappa shape index (κ3) is 4.72. The van der Waals surface area contributed by atoms with Gasteiger partial charge in [0, 0.05) is 23.0 Å². The molecule has 0 bridgehead atoms. The number of anilines is 2. The summed E-state index contributed by atoms with van der Waals surface area (Å²) in [5.41, 5.74) is 4.35. The second-order valence-corrected chi connectivity index (χ2v) is 9.19. The summed E-state index contributed by atoms with van der Waals surface area (Å²) in [6, 6.07) is 17.2. The summed E-state index contributed by atoms with van der Waals surface area (Å²) in [7, 11) is 0. The van der Waals surface area contributed by atoms with Crippen LogP contribution in [0.15, 0.2) is 60.7 Å². The zero-order valence-electron chi connectivity index (χ0n) is 17.9. The van der Waals surface area contributed by atoms with E-state index in [1.807, 2.05) is 43.0 Å². The number of carbonyl (C=O) groups excluding carboxylic acids is 2. The highest BCUT2D eigenvalue weighted by atomic mass is 35.5. The van der Waals surface area contributed by atoms with Crippen LogP contribution in [0, 0.1) is 24.0 Å². The summed E-state index contributed by atoms with van der Waals surface area (Å²) in [4.78, 5) is 37.5. The van der Waals surface area contributed by atoms with Gasteiger partial charge in [-0.05, 0) is 55.3 Å². The molecule has 33 heavy (non-hydrogen) atoms. The number of rotatable bonds is 5. The first kappa shape index (κ1) is 22.8. The fourth-order valence-corrected chi connectivity index (χ4v) is 5.09. The minimum Gasteiger partial charge on any atom is -0.322 e. The second kappa shape index (κ2) is 9.25. The average molecular weight is 482 g/mol. The van der Waals surface area contributed by atoms with Crippen LogP contribution >= 0.6 is 23.4 Å². The molecule has 168 valence electrons. The molecule has 1 N–H and O–H groups in total. The van der Waals surface area contributed by atoms with Crippen LogP contribution in [0.3, 0.4) is 0 Å². The molecule has 1 saturated heterocycles. The smallest absolute Gasteiger partial charge is 0.288 e. The van der Waals surface area contributed by atoms with E-state index < -0.39 is 10.8 Å². The van der Waals surface area contributed by atoms with E-state index in [0.29, 0.717) is 11.4 Å². The molecule has 7 nitrogen and oxygen atoms in total. The van der Waals surface area contributed by atoms with Crippen LogP contribution < -0.4 is 10.2 Å². The molecule has 1 fully saturated rings. The van der Waals surface area contributed by atoms with Crippen molar-refractivity contribution in [3.05, 3.63) is 98.1 Å². The predicted molar refractivity (Wildman–Crippen MR) is 131 cm³/mol. The van der Waals surface area contributed by atoms with Crippen molar-refractivity contribution in [3.63, 3.8) is 0 Å². The Morgan fingerprint density at radius 1 is 1.12 bits per heavy atom. The van der Waals surface area contributed by atoms with E-state index in [-0.39, 0.29) is 27.6 Å². The fraction of sp³-hybridized carbons (Fsp3) is 0.167. The van der Waals surface area contributed by atoms with Gasteiger partial charge in [-0.25, -0.2) is 0 Å². The van der Waals surface area contributed by atoms with Crippen molar-refractivity contribution in [1.82, 2.24) is 0 Å².